The van der Waals surface area contributed by atoms with Crippen molar-refractivity contribution in [3.8, 4) is 0 Å². The van der Waals surface area contributed by atoms with Gasteiger partial charge < -0.3 is 9.84 Å². The molecule has 1 atom stereocenters. The molecule has 0 bridgehead atoms. The molecule has 0 saturated carbocycles. The van der Waals surface area contributed by atoms with Gasteiger partial charge in [0.1, 0.15) is 0 Å². The monoisotopic (exact) mass is 212 g/mol. The van der Waals surface area contributed by atoms with Crippen LogP contribution in [0.3, 0.4) is 0 Å². The number of halogens is 1. The summed E-state index contributed by atoms with van der Waals surface area (Å²) in [4.78, 5) is 8.22. The van der Waals surface area contributed by atoms with Gasteiger partial charge in [-0.05, 0) is 6.08 Å². The molecule has 1 aliphatic rings. The van der Waals surface area contributed by atoms with Gasteiger partial charge in [-0.15, -0.1) is 0 Å². The maximum Gasteiger partial charge on any atom is 0.365 e. The quantitative estimate of drug-likeness (QED) is 0.665. The summed E-state index contributed by atoms with van der Waals surface area (Å²) >= 11 is 0. The molecular weight excluding hydrogens is 208 g/mol. The first-order valence-corrected chi connectivity index (χ1v) is 5.21. The van der Waals surface area contributed by atoms with Gasteiger partial charge in [-0.2, -0.15) is 0 Å². The summed E-state index contributed by atoms with van der Waals surface area (Å²) < 4.78 is 26.1. The van der Waals surface area contributed by atoms with E-state index < -0.39 is 20.0 Å². The summed E-state index contributed by atoms with van der Waals surface area (Å²) in [5.41, 5.74) is 0. The van der Waals surface area contributed by atoms with Crippen LogP contribution in [0.1, 0.15) is 6.42 Å². The fraction of sp³-hybridized carbons (Fsp3) is 0.400. The molecule has 0 radical (unpaired) electrons. The van der Waals surface area contributed by atoms with Crippen molar-refractivity contribution in [2.45, 2.75) is 11.4 Å². The van der Waals surface area contributed by atoms with Crippen LogP contribution in [0.25, 0.3) is 0 Å². The molecule has 0 fully saturated rings. The molecule has 7 heteroatoms. The lowest BCUT2D eigenvalue weighted by Crippen LogP contribution is -2.43. The summed E-state index contributed by atoms with van der Waals surface area (Å²) in [5.74, 6) is -1.61. The molecule has 1 heterocycles. The van der Waals surface area contributed by atoms with Crippen LogP contribution in [0.4, 0.5) is 0 Å². The van der Waals surface area contributed by atoms with E-state index in [-0.39, 0.29) is 6.42 Å². The van der Waals surface area contributed by atoms with Crippen molar-refractivity contribution in [3.63, 3.8) is 0 Å². The van der Waals surface area contributed by atoms with E-state index in [1.54, 1.807) is 0 Å². The van der Waals surface area contributed by atoms with E-state index in [0.717, 1.165) is 6.26 Å². The Morgan fingerprint density at radius 1 is 1.67 bits per heavy atom. The molecule has 12 heavy (non-hydrogen) atoms. The van der Waals surface area contributed by atoms with Gasteiger partial charge in [-0.25, -0.2) is 13.2 Å². The molecule has 1 unspecified atom stereocenters. The molecule has 5 nitrogen and oxygen atoms in total. The first kappa shape index (κ1) is 9.34. The zero-order valence-corrected chi connectivity index (χ0v) is 7.30. The van der Waals surface area contributed by atoms with Crippen LogP contribution in [-0.2, 0) is 18.6 Å². The highest BCUT2D eigenvalue weighted by molar-refractivity contribution is 8.15. The zero-order valence-electron chi connectivity index (χ0n) is 5.73. The molecule has 1 rings (SSSR count). The number of carboxylic acid groups (broad SMARTS) is 1. The van der Waals surface area contributed by atoms with Crippen LogP contribution < -0.4 is 0 Å². The second-order valence-corrected chi connectivity index (χ2v) is 4.94. The molecule has 0 amide bonds. The average molecular weight is 213 g/mol. The molecular formula is C5H5ClO5S. The van der Waals surface area contributed by atoms with Crippen molar-refractivity contribution in [2.75, 3.05) is 0 Å². The summed E-state index contributed by atoms with van der Waals surface area (Å²) in [7, 11) is 0.642. The Bertz CT molecular complexity index is 322. The predicted octanol–water partition coefficient (Wildman–Crippen LogP) is 0.270. The number of rotatable bonds is 2. The summed E-state index contributed by atoms with van der Waals surface area (Å²) in [6.07, 6.45) is 2.02. The fourth-order valence-electron chi connectivity index (χ4n) is 0.808. The standard InChI is InChI=1S/C5H5ClO5S/c6-12(9,10)5(4(7)8)2-1-3-11-5/h1,3H,2H2,(H,7,8). The molecule has 0 aromatic rings. The molecule has 1 aliphatic heterocycles. The van der Waals surface area contributed by atoms with E-state index in [1.807, 2.05) is 0 Å². The van der Waals surface area contributed by atoms with E-state index in [9.17, 15) is 13.2 Å². The SMILES string of the molecule is O=C(O)C1(S(=O)(=O)Cl)CC=CO1. The number of carbonyl (C=O) groups is 1. The van der Waals surface area contributed by atoms with Gasteiger partial charge in [0.15, 0.2) is 0 Å². The zero-order chi connectivity index (χ0) is 9.41. The van der Waals surface area contributed by atoms with Crippen molar-refractivity contribution < 1.29 is 23.1 Å². The first-order chi connectivity index (χ1) is 5.40. The van der Waals surface area contributed by atoms with Gasteiger partial charge in [0.25, 0.3) is 9.05 Å². The highest BCUT2D eigenvalue weighted by Gasteiger charge is 2.53. The van der Waals surface area contributed by atoms with Gasteiger partial charge in [-0.1, -0.05) is 0 Å². The Hall–Kier alpha value is -0.750. The Kier molecular flexibility index (Phi) is 2.05. The van der Waals surface area contributed by atoms with Crippen LogP contribution in [0.15, 0.2) is 12.3 Å². The van der Waals surface area contributed by atoms with E-state index in [0.29, 0.717) is 0 Å². The molecule has 0 aromatic carbocycles. The summed E-state index contributed by atoms with van der Waals surface area (Å²) in [6, 6.07) is 0. The van der Waals surface area contributed by atoms with Crippen molar-refractivity contribution in [2.24, 2.45) is 0 Å². The molecule has 68 valence electrons. The van der Waals surface area contributed by atoms with Crippen LogP contribution in [-0.4, -0.2) is 24.4 Å². The van der Waals surface area contributed by atoms with Crippen molar-refractivity contribution in [3.05, 3.63) is 12.3 Å². The number of hydrogen-bond donors (Lipinski definition) is 1. The van der Waals surface area contributed by atoms with Crippen molar-refractivity contribution in [1.82, 2.24) is 0 Å². The second kappa shape index (κ2) is 2.63. The van der Waals surface area contributed by atoms with Crippen LogP contribution in [0.2, 0.25) is 0 Å². The van der Waals surface area contributed by atoms with Gasteiger partial charge in [-0.3, -0.25) is 0 Å². The number of carboxylic acids is 1. The van der Waals surface area contributed by atoms with Crippen LogP contribution in [0.5, 0.6) is 0 Å². The number of ether oxygens (including phenoxy) is 1. The lowest BCUT2D eigenvalue weighted by molar-refractivity contribution is -0.149. The third-order valence-corrected chi connectivity index (χ3v) is 3.43. The van der Waals surface area contributed by atoms with Crippen molar-refractivity contribution >= 4 is 25.7 Å². The van der Waals surface area contributed by atoms with E-state index in [1.165, 1.54) is 6.08 Å². The van der Waals surface area contributed by atoms with E-state index >= 15 is 0 Å². The minimum absolute atomic E-state index is 0.270. The van der Waals surface area contributed by atoms with Gasteiger partial charge in [0.2, 0.25) is 0 Å². The third kappa shape index (κ3) is 1.16. The van der Waals surface area contributed by atoms with Crippen molar-refractivity contribution in [1.29, 1.82) is 0 Å². The van der Waals surface area contributed by atoms with Gasteiger partial charge in [0, 0.05) is 17.1 Å². The number of hydrogen-bond acceptors (Lipinski definition) is 4. The number of aliphatic carboxylic acids is 1. The maximum absolute atomic E-state index is 10.8. The highest BCUT2D eigenvalue weighted by Crippen LogP contribution is 2.32. The average Bonchev–Trinajstić information content (AvgIpc) is 2.31. The largest absolute Gasteiger partial charge is 0.477 e. The Morgan fingerprint density at radius 2 is 2.25 bits per heavy atom. The highest BCUT2D eigenvalue weighted by atomic mass is 35.7. The molecule has 0 aromatic heterocycles. The fourth-order valence-corrected chi connectivity index (χ4v) is 1.98. The van der Waals surface area contributed by atoms with Crippen LogP contribution >= 0.6 is 10.7 Å². The molecule has 0 spiro atoms. The topological polar surface area (TPSA) is 80.7 Å². The lowest BCUT2D eigenvalue weighted by Gasteiger charge is -2.19. The second-order valence-electron chi connectivity index (χ2n) is 2.19. The third-order valence-electron chi connectivity index (χ3n) is 1.46. The van der Waals surface area contributed by atoms with E-state index in [2.05, 4.69) is 4.74 Å². The summed E-state index contributed by atoms with van der Waals surface area (Å²) in [5, 5.41) is 8.57. The Labute approximate surface area is 73.0 Å². The predicted molar refractivity (Wildman–Crippen MR) is 40.0 cm³/mol. The Morgan fingerprint density at radius 3 is 2.42 bits per heavy atom. The van der Waals surface area contributed by atoms with Gasteiger partial charge in [0.05, 0.1) is 6.26 Å². The lowest BCUT2D eigenvalue weighted by atomic mass is 10.3. The first-order valence-electron chi connectivity index (χ1n) is 2.90. The molecule has 0 aliphatic carbocycles. The van der Waals surface area contributed by atoms with Gasteiger partial charge >= 0.3 is 10.9 Å². The smallest absolute Gasteiger partial charge is 0.365 e. The normalized spacial score (nSPS) is 28.4. The minimum Gasteiger partial charge on any atom is -0.477 e. The Balaban J connectivity index is 3.15. The van der Waals surface area contributed by atoms with E-state index in [4.69, 9.17) is 15.8 Å². The maximum atomic E-state index is 10.8. The summed E-state index contributed by atoms with van der Waals surface area (Å²) in [6.45, 7) is 0. The van der Waals surface area contributed by atoms with Crippen LogP contribution in [0, 0.1) is 0 Å². The molecule has 1 N–H and O–H groups in total. The molecule has 0 saturated heterocycles. The minimum atomic E-state index is -4.28.